The van der Waals surface area contributed by atoms with Gasteiger partial charge in [0.2, 0.25) is 0 Å². The maximum Gasteiger partial charge on any atom is 0.308 e. The summed E-state index contributed by atoms with van der Waals surface area (Å²) >= 11 is 0. The molecule has 2 fully saturated rings. The second-order valence-corrected chi connectivity index (χ2v) is 4.50. The molecule has 3 nitrogen and oxygen atoms in total. The molecule has 0 aromatic rings. The van der Waals surface area contributed by atoms with Gasteiger partial charge in [-0.2, -0.15) is 0 Å². The quantitative estimate of drug-likeness (QED) is 0.676. The predicted octanol–water partition coefficient (Wildman–Crippen LogP) is 1.19. The zero-order chi connectivity index (χ0) is 9.97. The molecular weight excluding hydrogens is 178 g/mol. The van der Waals surface area contributed by atoms with Crippen molar-refractivity contribution in [3.8, 4) is 0 Å². The van der Waals surface area contributed by atoms with Crippen LogP contribution in [-0.4, -0.2) is 26.2 Å². The van der Waals surface area contributed by atoms with Crippen LogP contribution in [0.25, 0.3) is 0 Å². The van der Waals surface area contributed by atoms with E-state index in [9.17, 15) is 4.79 Å². The minimum atomic E-state index is 0.0154. The van der Waals surface area contributed by atoms with Crippen molar-refractivity contribution in [2.45, 2.75) is 25.7 Å². The van der Waals surface area contributed by atoms with Crippen LogP contribution in [0.2, 0.25) is 0 Å². The highest BCUT2D eigenvalue weighted by atomic mass is 16.5. The highest BCUT2D eigenvalue weighted by Gasteiger charge is 2.38. The lowest BCUT2D eigenvalue weighted by molar-refractivity contribution is -0.150. The summed E-state index contributed by atoms with van der Waals surface area (Å²) in [7, 11) is 1.51. The maximum atomic E-state index is 11.6. The van der Waals surface area contributed by atoms with Gasteiger partial charge in [0.25, 0.3) is 0 Å². The molecule has 0 unspecified atom stereocenters. The summed E-state index contributed by atoms with van der Waals surface area (Å²) in [6, 6.07) is 0. The molecule has 1 N–H and O–H groups in total. The first-order valence-electron chi connectivity index (χ1n) is 5.61. The molecule has 1 saturated heterocycles. The summed E-state index contributed by atoms with van der Waals surface area (Å²) in [5.74, 6) is 1.50. The van der Waals surface area contributed by atoms with E-state index in [1.165, 1.54) is 26.4 Å². The third-order valence-electron chi connectivity index (χ3n) is 3.74. The van der Waals surface area contributed by atoms with E-state index >= 15 is 0 Å². The molecule has 0 amide bonds. The van der Waals surface area contributed by atoms with Gasteiger partial charge in [-0.25, -0.2) is 0 Å². The van der Waals surface area contributed by atoms with Crippen molar-refractivity contribution < 1.29 is 9.53 Å². The van der Waals surface area contributed by atoms with Crippen molar-refractivity contribution in [2.75, 3.05) is 20.2 Å². The van der Waals surface area contributed by atoms with Crippen LogP contribution in [0.4, 0.5) is 0 Å². The normalized spacial score (nSPS) is 33.5. The van der Waals surface area contributed by atoms with Crippen molar-refractivity contribution in [1.29, 1.82) is 0 Å². The number of methoxy groups -OCH3 is 1. The van der Waals surface area contributed by atoms with Crippen LogP contribution in [0.3, 0.4) is 0 Å². The largest absolute Gasteiger partial charge is 0.469 e. The molecule has 0 spiro atoms. The van der Waals surface area contributed by atoms with Crippen LogP contribution in [0, 0.1) is 17.8 Å². The van der Waals surface area contributed by atoms with Crippen LogP contribution in [0.15, 0.2) is 0 Å². The fourth-order valence-corrected chi connectivity index (χ4v) is 2.78. The maximum absolute atomic E-state index is 11.6. The number of hydrogen-bond acceptors (Lipinski definition) is 3. The van der Waals surface area contributed by atoms with Crippen LogP contribution >= 0.6 is 0 Å². The van der Waals surface area contributed by atoms with Gasteiger partial charge < -0.3 is 10.1 Å². The summed E-state index contributed by atoms with van der Waals surface area (Å²) in [4.78, 5) is 11.6. The second-order valence-electron chi connectivity index (χ2n) is 4.50. The molecule has 1 saturated carbocycles. The van der Waals surface area contributed by atoms with Crippen molar-refractivity contribution in [3.05, 3.63) is 0 Å². The number of rotatable bonds is 2. The lowest BCUT2D eigenvalue weighted by Gasteiger charge is -2.40. The van der Waals surface area contributed by atoms with Crippen molar-refractivity contribution in [3.63, 3.8) is 0 Å². The first kappa shape index (κ1) is 9.97. The van der Waals surface area contributed by atoms with E-state index < -0.39 is 0 Å². The van der Waals surface area contributed by atoms with Crippen LogP contribution in [-0.2, 0) is 9.53 Å². The number of ether oxygens (including phenoxy) is 1. The van der Waals surface area contributed by atoms with E-state index in [1.54, 1.807) is 0 Å². The summed E-state index contributed by atoms with van der Waals surface area (Å²) in [6.45, 7) is 2.19. The predicted molar refractivity (Wildman–Crippen MR) is 53.8 cm³/mol. The molecule has 3 heteroatoms. The van der Waals surface area contributed by atoms with Crippen LogP contribution in [0.1, 0.15) is 25.7 Å². The molecule has 1 heterocycles. The molecule has 2 rings (SSSR count). The molecule has 0 radical (unpaired) electrons. The minimum Gasteiger partial charge on any atom is -0.469 e. The third-order valence-corrected chi connectivity index (χ3v) is 3.74. The van der Waals surface area contributed by atoms with E-state index in [-0.39, 0.29) is 11.9 Å². The third kappa shape index (κ3) is 1.78. The summed E-state index contributed by atoms with van der Waals surface area (Å²) in [5.41, 5.74) is 0. The number of carbonyl (C=O) groups is 1. The molecular formula is C11H19NO2. The molecule has 2 atom stereocenters. The average Bonchev–Trinajstić information content (AvgIpc) is 2.15. The fraction of sp³-hybridized carbons (Fsp3) is 0.909. The van der Waals surface area contributed by atoms with Gasteiger partial charge in [0.15, 0.2) is 0 Å². The fourth-order valence-electron chi connectivity index (χ4n) is 2.78. The smallest absolute Gasteiger partial charge is 0.308 e. The van der Waals surface area contributed by atoms with E-state index in [0.717, 1.165) is 25.4 Å². The Kier molecular flexibility index (Phi) is 3.06. The van der Waals surface area contributed by atoms with E-state index in [4.69, 9.17) is 4.74 Å². The zero-order valence-corrected chi connectivity index (χ0v) is 8.79. The topological polar surface area (TPSA) is 38.3 Å². The van der Waals surface area contributed by atoms with E-state index in [1.807, 2.05) is 0 Å². The summed E-state index contributed by atoms with van der Waals surface area (Å²) < 4.78 is 4.88. The number of nitrogens with one attached hydrogen (secondary N) is 1. The first-order valence-corrected chi connectivity index (χ1v) is 5.61. The van der Waals surface area contributed by atoms with Gasteiger partial charge in [-0.3, -0.25) is 4.79 Å². The number of hydrogen-bond donors (Lipinski definition) is 1. The SMILES string of the molecule is COC(=O)[C@H]1CCCC[C@@H]1C1CNC1. The summed E-state index contributed by atoms with van der Waals surface area (Å²) in [5, 5.41) is 3.28. The molecule has 0 aromatic heterocycles. The Labute approximate surface area is 85.2 Å². The highest BCUT2D eigenvalue weighted by molar-refractivity contribution is 5.72. The standard InChI is InChI=1S/C11H19NO2/c1-14-11(13)10-5-3-2-4-9(10)8-6-12-7-8/h8-10,12H,2-7H2,1H3/t9-,10+/m1/s1. The Balaban J connectivity index is 1.98. The molecule has 2 aliphatic rings. The van der Waals surface area contributed by atoms with E-state index in [2.05, 4.69) is 5.32 Å². The van der Waals surface area contributed by atoms with Crippen molar-refractivity contribution in [2.24, 2.45) is 17.8 Å². The average molecular weight is 197 g/mol. The van der Waals surface area contributed by atoms with Crippen molar-refractivity contribution in [1.82, 2.24) is 5.32 Å². The van der Waals surface area contributed by atoms with Gasteiger partial charge in [0.05, 0.1) is 13.0 Å². The van der Waals surface area contributed by atoms with E-state index in [0.29, 0.717) is 5.92 Å². The molecule has 0 aromatic carbocycles. The lowest BCUT2D eigenvalue weighted by Crippen LogP contribution is -2.50. The van der Waals surface area contributed by atoms with Gasteiger partial charge >= 0.3 is 5.97 Å². The highest BCUT2D eigenvalue weighted by Crippen LogP contribution is 2.37. The molecule has 1 aliphatic carbocycles. The number of carbonyl (C=O) groups excluding carboxylic acids is 1. The van der Waals surface area contributed by atoms with Gasteiger partial charge in [-0.05, 0) is 37.8 Å². The zero-order valence-electron chi connectivity index (χ0n) is 8.79. The van der Waals surface area contributed by atoms with Gasteiger partial charge in [-0.15, -0.1) is 0 Å². The van der Waals surface area contributed by atoms with Crippen LogP contribution in [0.5, 0.6) is 0 Å². The Hall–Kier alpha value is -0.570. The Morgan fingerprint density at radius 3 is 2.57 bits per heavy atom. The first-order chi connectivity index (χ1) is 6.83. The van der Waals surface area contributed by atoms with Crippen LogP contribution < -0.4 is 5.32 Å². The van der Waals surface area contributed by atoms with Gasteiger partial charge in [-0.1, -0.05) is 12.8 Å². The summed E-state index contributed by atoms with van der Waals surface area (Å²) in [6.07, 6.45) is 4.73. The second kappa shape index (κ2) is 4.30. The monoisotopic (exact) mass is 197 g/mol. The number of esters is 1. The molecule has 1 aliphatic heterocycles. The Morgan fingerprint density at radius 1 is 1.29 bits per heavy atom. The minimum absolute atomic E-state index is 0.0154. The Morgan fingerprint density at radius 2 is 2.00 bits per heavy atom. The Bertz CT molecular complexity index is 213. The molecule has 0 bridgehead atoms. The van der Waals surface area contributed by atoms with Crippen molar-refractivity contribution >= 4 is 5.97 Å². The lowest BCUT2D eigenvalue weighted by atomic mass is 9.70. The molecule has 14 heavy (non-hydrogen) atoms. The molecule has 80 valence electrons. The van der Waals surface area contributed by atoms with Gasteiger partial charge in [0, 0.05) is 0 Å². The van der Waals surface area contributed by atoms with Gasteiger partial charge in [0.1, 0.15) is 0 Å².